The first-order chi connectivity index (χ1) is 11.3. The number of halogens is 1. The zero-order chi connectivity index (χ0) is 16.1. The van der Waals surface area contributed by atoms with E-state index in [1.165, 1.54) is 0 Å². The van der Waals surface area contributed by atoms with E-state index in [2.05, 4.69) is 9.97 Å². The Hall–Kier alpha value is -2.59. The van der Waals surface area contributed by atoms with Crippen LogP contribution in [0.3, 0.4) is 0 Å². The minimum Gasteiger partial charge on any atom is -0.493 e. The van der Waals surface area contributed by atoms with Crippen LogP contribution in [0.2, 0.25) is 0 Å². The van der Waals surface area contributed by atoms with Gasteiger partial charge in [-0.25, -0.2) is 4.98 Å². The summed E-state index contributed by atoms with van der Waals surface area (Å²) in [6.07, 6.45) is 5.15. The number of aromatic nitrogens is 2. The third-order valence-corrected chi connectivity index (χ3v) is 3.81. The van der Waals surface area contributed by atoms with Crippen LogP contribution in [0, 0.1) is 0 Å². The third kappa shape index (κ3) is 3.60. The van der Waals surface area contributed by atoms with Crippen LogP contribution in [0.1, 0.15) is 16.5 Å². The smallest absolute Gasteiger partial charge is 0.219 e. The lowest BCUT2D eigenvalue weighted by atomic mass is 10.1. The maximum absolute atomic E-state index is 6.52. The fourth-order valence-electron chi connectivity index (χ4n) is 2.16. The van der Waals surface area contributed by atoms with Crippen LogP contribution in [-0.2, 0) is 0 Å². The van der Waals surface area contributed by atoms with Gasteiger partial charge in [0.05, 0.1) is 12.5 Å². The van der Waals surface area contributed by atoms with Crippen molar-refractivity contribution in [3.8, 4) is 17.4 Å². The van der Waals surface area contributed by atoms with E-state index in [4.69, 9.17) is 21.1 Å². The summed E-state index contributed by atoms with van der Waals surface area (Å²) in [5, 5.41) is -0.304. The standard InChI is InChI=1S/C18H15ClN2O2/c1-22-16-11-13(18(19)14-5-4-9-20-12-14)7-8-15(16)23-17-6-2-3-10-21-17/h2-12,18H,1H3. The quantitative estimate of drug-likeness (QED) is 0.642. The van der Waals surface area contributed by atoms with Gasteiger partial charge < -0.3 is 9.47 Å². The second kappa shape index (κ2) is 7.11. The van der Waals surface area contributed by atoms with Gasteiger partial charge in [0.15, 0.2) is 11.5 Å². The molecule has 0 fully saturated rings. The highest BCUT2D eigenvalue weighted by atomic mass is 35.5. The molecular formula is C18H15ClN2O2. The van der Waals surface area contributed by atoms with E-state index in [1.54, 1.807) is 31.8 Å². The Morgan fingerprint density at radius 1 is 0.957 bits per heavy atom. The van der Waals surface area contributed by atoms with E-state index in [0.29, 0.717) is 17.4 Å². The van der Waals surface area contributed by atoms with Crippen molar-refractivity contribution in [1.29, 1.82) is 0 Å². The molecule has 0 N–H and O–H groups in total. The Balaban J connectivity index is 1.88. The maximum atomic E-state index is 6.52. The average molecular weight is 327 g/mol. The topological polar surface area (TPSA) is 44.2 Å². The van der Waals surface area contributed by atoms with Crippen molar-refractivity contribution in [2.75, 3.05) is 7.11 Å². The number of ether oxygens (including phenoxy) is 2. The molecule has 4 nitrogen and oxygen atoms in total. The molecule has 0 saturated carbocycles. The van der Waals surface area contributed by atoms with E-state index >= 15 is 0 Å². The second-order valence-corrected chi connectivity index (χ2v) is 5.27. The van der Waals surface area contributed by atoms with Crippen LogP contribution in [0.15, 0.2) is 67.1 Å². The van der Waals surface area contributed by atoms with Gasteiger partial charge >= 0.3 is 0 Å². The molecule has 0 spiro atoms. The van der Waals surface area contributed by atoms with Crippen molar-refractivity contribution >= 4 is 11.6 Å². The van der Waals surface area contributed by atoms with Crippen LogP contribution in [0.4, 0.5) is 0 Å². The molecule has 0 bridgehead atoms. The Morgan fingerprint density at radius 2 is 1.87 bits per heavy atom. The Kier molecular flexibility index (Phi) is 4.74. The molecule has 5 heteroatoms. The van der Waals surface area contributed by atoms with Gasteiger partial charge in [-0.1, -0.05) is 18.2 Å². The summed E-state index contributed by atoms with van der Waals surface area (Å²) in [5.41, 5.74) is 1.83. The fourth-order valence-corrected chi connectivity index (χ4v) is 2.43. The molecule has 0 saturated heterocycles. The van der Waals surface area contributed by atoms with Crippen molar-refractivity contribution in [2.45, 2.75) is 5.38 Å². The number of alkyl halides is 1. The summed E-state index contributed by atoms with van der Waals surface area (Å²) in [5.74, 6) is 1.70. The minimum absolute atomic E-state index is 0.304. The summed E-state index contributed by atoms with van der Waals surface area (Å²) in [4.78, 5) is 8.24. The van der Waals surface area contributed by atoms with Gasteiger partial charge in [0.1, 0.15) is 0 Å². The molecule has 1 unspecified atom stereocenters. The van der Waals surface area contributed by atoms with E-state index in [9.17, 15) is 0 Å². The van der Waals surface area contributed by atoms with Gasteiger partial charge in [-0.15, -0.1) is 11.6 Å². The molecule has 3 rings (SSSR count). The molecule has 1 atom stereocenters. The first kappa shape index (κ1) is 15.3. The van der Waals surface area contributed by atoms with Crippen molar-refractivity contribution in [3.05, 3.63) is 78.2 Å². The number of hydrogen-bond acceptors (Lipinski definition) is 4. The Labute approximate surface area is 139 Å². The molecule has 2 heterocycles. The summed E-state index contributed by atoms with van der Waals surface area (Å²) in [6.45, 7) is 0. The number of hydrogen-bond donors (Lipinski definition) is 0. The summed E-state index contributed by atoms with van der Waals surface area (Å²) in [7, 11) is 1.59. The molecule has 116 valence electrons. The zero-order valence-electron chi connectivity index (χ0n) is 12.5. The van der Waals surface area contributed by atoms with Gasteiger partial charge in [0.2, 0.25) is 5.88 Å². The number of rotatable bonds is 5. The number of pyridine rings is 2. The van der Waals surface area contributed by atoms with Crippen LogP contribution >= 0.6 is 11.6 Å². The monoisotopic (exact) mass is 326 g/mol. The summed E-state index contributed by atoms with van der Waals surface area (Å²) in [6, 6.07) is 14.9. The van der Waals surface area contributed by atoms with Crippen LogP contribution in [0.25, 0.3) is 0 Å². The molecule has 2 aromatic heterocycles. The lowest BCUT2D eigenvalue weighted by Crippen LogP contribution is -1.97. The molecule has 1 aromatic carbocycles. The molecular weight excluding hydrogens is 312 g/mol. The molecule has 23 heavy (non-hydrogen) atoms. The molecule has 0 amide bonds. The van der Waals surface area contributed by atoms with Gasteiger partial charge in [-0.2, -0.15) is 0 Å². The fraction of sp³-hybridized carbons (Fsp3) is 0.111. The van der Waals surface area contributed by atoms with Crippen molar-refractivity contribution < 1.29 is 9.47 Å². The third-order valence-electron chi connectivity index (χ3n) is 3.31. The maximum Gasteiger partial charge on any atom is 0.219 e. The van der Waals surface area contributed by atoms with E-state index in [-0.39, 0.29) is 5.38 Å². The minimum atomic E-state index is -0.304. The summed E-state index contributed by atoms with van der Waals surface area (Å²) >= 11 is 6.52. The largest absolute Gasteiger partial charge is 0.493 e. The predicted octanol–water partition coefficient (Wildman–Crippen LogP) is 4.61. The highest BCUT2D eigenvalue weighted by Gasteiger charge is 2.15. The number of benzene rings is 1. The highest BCUT2D eigenvalue weighted by molar-refractivity contribution is 6.22. The lowest BCUT2D eigenvalue weighted by Gasteiger charge is -2.14. The molecule has 0 aliphatic heterocycles. The van der Waals surface area contributed by atoms with E-state index < -0.39 is 0 Å². The molecule has 0 aliphatic carbocycles. The highest BCUT2D eigenvalue weighted by Crippen LogP contribution is 2.36. The summed E-state index contributed by atoms with van der Waals surface area (Å²) < 4.78 is 11.2. The van der Waals surface area contributed by atoms with E-state index in [0.717, 1.165) is 11.1 Å². The number of methoxy groups -OCH3 is 1. The first-order valence-corrected chi connectivity index (χ1v) is 7.52. The van der Waals surface area contributed by atoms with Crippen molar-refractivity contribution in [1.82, 2.24) is 9.97 Å². The SMILES string of the molecule is COc1cc(C(Cl)c2cccnc2)ccc1Oc1ccccn1. The number of nitrogens with zero attached hydrogens (tertiary/aromatic N) is 2. The van der Waals surface area contributed by atoms with E-state index in [1.807, 2.05) is 42.5 Å². The van der Waals surface area contributed by atoms with Gasteiger partial charge in [0, 0.05) is 24.7 Å². The normalized spacial score (nSPS) is 11.7. The van der Waals surface area contributed by atoms with Crippen LogP contribution in [-0.4, -0.2) is 17.1 Å². The molecule has 3 aromatic rings. The predicted molar refractivity (Wildman–Crippen MR) is 89.2 cm³/mol. The lowest BCUT2D eigenvalue weighted by molar-refractivity contribution is 0.373. The Bertz CT molecular complexity index is 766. The van der Waals surface area contributed by atoms with Gasteiger partial charge in [0.25, 0.3) is 0 Å². The van der Waals surface area contributed by atoms with Crippen LogP contribution < -0.4 is 9.47 Å². The molecule has 0 radical (unpaired) electrons. The second-order valence-electron chi connectivity index (χ2n) is 4.83. The van der Waals surface area contributed by atoms with Crippen molar-refractivity contribution in [3.63, 3.8) is 0 Å². The zero-order valence-corrected chi connectivity index (χ0v) is 13.3. The van der Waals surface area contributed by atoms with Crippen molar-refractivity contribution in [2.24, 2.45) is 0 Å². The Morgan fingerprint density at radius 3 is 2.57 bits per heavy atom. The van der Waals surface area contributed by atoms with Crippen LogP contribution in [0.5, 0.6) is 17.4 Å². The van der Waals surface area contributed by atoms with Gasteiger partial charge in [-0.05, 0) is 35.4 Å². The molecule has 0 aliphatic rings. The average Bonchev–Trinajstić information content (AvgIpc) is 2.63. The van der Waals surface area contributed by atoms with Gasteiger partial charge in [-0.3, -0.25) is 4.98 Å². The first-order valence-electron chi connectivity index (χ1n) is 7.09.